The molecule has 1 amide bonds. The van der Waals surface area contributed by atoms with Gasteiger partial charge in [0, 0.05) is 36.1 Å². The van der Waals surface area contributed by atoms with Gasteiger partial charge in [0.2, 0.25) is 5.91 Å². The Morgan fingerprint density at radius 1 is 1.15 bits per heavy atom. The van der Waals surface area contributed by atoms with E-state index in [2.05, 4.69) is 30.3 Å². The first-order valence-electron chi connectivity index (χ1n) is 9.11. The van der Waals surface area contributed by atoms with E-state index in [4.69, 9.17) is 4.98 Å². The normalized spacial score (nSPS) is 17.5. The molecule has 3 aromatic rings. The third-order valence-corrected chi connectivity index (χ3v) is 6.97. The smallest absolute Gasteiger partial charge is 0.223 e. The van der Waals surface area contributed by atoms with E-state index in [-0.39, 0.29) is 5.91 Å². The average molecular weight is 383 g/mol. The predicted octanol–water partition coefficient (Wildman–Crippen LogP) is 5.18. The molecule has 4 rings (SSSR count). The fraction of sp³-hybridized carbons (Fsp3) is 0.333. The molecule has 0 radical (unpaired) electrons. The molecular formula is C21H22N2OS2. The number of amides is 1. The summed E-state index contributed by atoms with van der Waals surface area (Å²) in [5, 5.41) is 1.18. The number of carbonyl (C=O) groups is 1. The molecule has 0 saturated carbocycles. The highest BCUT2D eigenvalue weighted by Crippen LogP contribution is 2.33. The number of para-hydroxylation sites is 1. The fourth-order valence-corrected chi connectivity index (χ4v) is 5.36. The molecule has 1 saturated heterocycles. The molecule has 5 heteroatoms. The van der Waals surface area contributed by atoms with Crippen LogP contribution in [-0.4, -0.2) is 34.6 Å². The highest BCUT2D eigenvalue weighted by molar-refractivity contribution is 7.99. The summed E-state index contributed by atoms with van der Waals surface area (Å²) >= 11 is 3.53. The topological polar surface area (TPSA) is 33.2 Å². The number of thioether (sulfide) groups is 1. The number of thiazole rings is 1. The van der Waals surface area contributed by atoms with Crippen LogP contribution in [0.15, 0.2) is 59.5 Å². The maximum absolute atomic E-state index is 12.6. The van der Waals surface area contributed by atoms with E-state index in [9.17, 15) is 4.79 Å². The Bertz CT molecular complexity index is 845. The van der Waals surface area contributed by atoms with Crippen molar-refractivity contribution in [2.45, 2.75) is 30.1 Å². The molecule has 134 valence electrons. The molecule has 0 aliphatic carbocycles. The Hall–Kier alpha value is -1.85. The summed E-state index contributed by atoms with van der Waals surface area (Å²) in [6.45, 7) is 1.70. The van der Waals surface area contributed by atoms with Crippen LogP contribution < -0.4 is 0 Å². The summed E-state index contributed by atoms with van der Waals surface area (Å²) in [5.74, 6) is 1.50. The number of hydrogen-bond acceptors (Lipinski definition) is 4. The molecule has 2 heterocycles. The lowest BCUT2D eigenvalue weighted by Crippen LogP contribution is -2.39. The molecule has 1 aliphatic rings. The molecule has 0 spiro atoms. The van der Waals surface area contributed by atoms with Crippen molar-refractivity contribution in [3.8, 4) is 0 Å². The highest BCUT2D eigenvalue weighted by Gasteiger charge is 2.26. The minimum absolute atomic E-state index is 0.277. The van der Waals surface area contributed by atoms with Crippen molar-refractivity contribution in [1.29, 1.82) is 0 Å². The van der Waals surface area contributed by atoms with Crippen molar-refractivity contribution in [3.05, 3.63) is 59.6 Å². The molecule has 0 bridgehead atoms. The second-order valence-corrected chi connectivity index (χ2v) is 8.84. The molecule has 1 aromatic heterocycles. The molecular weight excluding hydrogens is 360 g/mol. The van der Waals surface area contributed by atoms with Crippen LogP contribution >= 0.6 is 23.1 Å². The third kappa shape index (κ3) is 4.10. The first kappa shape index (κ1) is 17.6. The van der Waals surface area contributed by atoms with E-state index >= 15 is 0 Å². The summed E-state index contributed by atoms with van der Waals surface area (Å²) in [6, 6.07) is 18.6. The Morgan fingerprint density at radius 3 is 2.81 bits per heavy atom. The van der Waals surface area contributed by atoms with Crippen molar-refractivity contribution in [2.24, 2.45) is 0 Å². The van der Waals surface area contributed by atoms with Crippen LogP contribution in [-0.2, 0) is 4.79 Å². The molecule has 1 aliphatic heterocycles. The number of hydrogen-bond donors (Lipinski definition) is 0. The van der Waals surface area contributed by atoms with Crippen LogP contribution in [0, 0.1) is 0 Å². The van der Waals surface area contributed by atoms with Gasteiger partial charge in [-0.15, -0.1) is 23.1 Å². The van der Waals surface area contributed by atoms with Crippen LogP contribution in [0.1, 0.15) is 30.2 Å². The van der Waals surface area contributed by atoms with Crippen molar-refractivity contribution in [1.82, 2.24) is 9.88 Å². The van der Waals surface area contributed by atoms with Gasteiger partial charge in [-0.05, 0) is 37.1 Å². The van der Waals surface area contributed by atoms with Crippen molar-refractivity contribution in [2.75, 3.05) is 18.8 Å². The summed E-state index contributed by atoms with van der Waals surface area (Å²) in [6.07, 6.45) is 2.80. The zero-order valence-electron chi connectivity index (χ0n) is 14.6. The zero-order valence-corrected chi connectivity index (χ0v) is 16.3. The third-order valence-electron chi connectivity index (χ3n) is 4.76. The van der Waals surface area contributed by atoms with E-state index in [1.54, 1.807) is 23.1 Å². The fourth-order valence-electron chi connectivity index (χ4n) is 3.40. The summed E-state index contributed by atoms with van der Waals surface area (Å²) < 4.78 is 1.24. The van der Waals surface area contributed by atoms with Gasteiger partial charge >= 0.3 is 0 Å². The lowest BCUT2D eigenvalue weighted by atomic mass is 9.98. The van der Waals surface area contributed by atoms with E-state index in [0.29, 0.717) is 12.3 Å². The number of nitrogens with zero attached hydrogens (tertiary/aromatic N) is 2. The second-order valence-electron chi connectivity index (χ2n) is 6.61. The molecule has 1 atom stereocenters. The lowest BCUT2D eigenvalue weighted by Gasteiger charge is -2.32. The van der Waals surface area contributed by atoms with Crippen molar-refractivity contribution >= 4 is 39.2 Å². The largest absolute Gasteiger partial charge is 0.342 e. The Balaban J connectivity index is 1.34. The van der Waals surface area contributed by atoms with E-state index in [1.165, 1.54) is 14.6 Å². The van der Waals surface area contributed by atoms with Gasteiger partial charge < -0.3 is 4.90 Å². The number of benzene rings is 2. The molecule has 2 aromatic carbocycles. The Labute approximate surface area is 162 Å². The van der Waals surface area contributed by atoms with Crippen LogP contribution in [0.2, 0.25) is 0 Å². The standard InChI is InChI=1S/C21H22N2OS2/c24-20(12-14-25-17-8-2-1-3-9-17)23-13-6-7-16(15-23)21-22-18-10-4-5-11-19(18)26-21/h1-5,8-11,16H,6-7,12-15H2/t16-/m1/s1. The first-order chi connectivity index (χ1) is 12.8. The minimum atomic E-state index is 0.277. The monoisotopic (exact) mass is 382 g/mol. The van der Waals surface area contributed by atoms with Crippen molar-refractivity contribution < 1.29 is 4.79 Å². The number of rotatable bonds is 5. The quantitative estimate of drug-likeness (QED) is 0.570. The van der Waals surface area contributed by atoms with Gasteiger partial charge in [-0.25, -0.2) is 4.98 Å². The SMILES string of the molecule is O=C(CCSc1ccccc1)N1CCC[C@@H](c2nc3ccccc3s2)C1. The Morgan fingerprint density at radius 2 is 1.96 bits per heavy atom. The molecule has 26 heavy (non-hydrogen) atoms. The second kappa shape index (κ2) is 8.23. The van der Waals surface area contributed by atoms with Gasteiger partial charge in [0.1, 0.15) is 0 Å². The van der Waals surface area contributed by atoms with Gasteiger partial charge in [-0.3, -0.25) is 4.79 Å². The van der Waals surface area contributed by atoms with Gasteiger partial charge in [0.25, 0.3) is 0 Å². The zero-order chi connectivity index (χ0) is 17.8. The van der Waals surface area contributed by atoms with Crippen LogP contribution in [0.3, 0.4) is 0 Å². The highest BCUT2D eigenvalue weighted by atomic mass is 32.2. The van der Waals surface area contributed by atoms with Crippen LogP contribution in [0.4, 0.5) is 0 Å². The summed E-state index contributed by atoms with van der Waals surface area (Å²) in [5.41, 5.74) is 1.08. The van der Waals surface area contributed by atoms with Gasteiger partial charge in [0.05, 0.1) is 15.2 Å². The number of likely N-dealkylation sites (tertiary alicyclic amines) is 1. The maximum atomic E-state index is 12.6. The molecule has 0 N–H and O–H groups in total. The minimum Gasteiger partial charge on any atom is -0.342 e. The molecule has 1 fully saturated rings. The number of piperidine rings is 1. The number of fused-ring (bicyclic) bond motifs is 1. The first-order valence-corrected chi connectivity index (χ1v) is 10.9. The van der Waals surface area contributed by atoms with E-state index in [0.717, 1.165) is 37.2 Å². The average Bonchev–Trinajstić information content (AvgIpc) is 3.13. The summed E-state index contributed by atoms with van der Waals surface area (Å²) in [7, 11) is 0. The van der Waals surface area contributed by atoms with Crippen molar-refractivity contribution in [3.63, 3.8) is 0 Å². The lowest BCUT2D eigenvalue weighted by molar-refractivity contribution is -0.131. The maximum Gasteiger partial charge on any atom is 0.223 e. The predicted molar refractivity (Wildman–Crippen MR) is 110 cm³/mol. The summed E-state index contributed by atoms with van der Waals surface area (Å²) in [4.78, 5) is 20.7. The Kier molecular flexibility index (Phi) is 5.56. The van der Waals surface area contributed by atoms with E-state index < -0.39 is 0 Å². The molecule has 3 nitrogen and oxygen atoms in total. The van der Waals surface area contributed by atoms with Gasteiger partial charge in [-0.1, -0.05) is 30.3 Å². The van der Waals surface area contributed by atoms with Gasteiger partial charge in [0.15, 0.2) is 0 Å². The van der Waals surface area contributed by atoms with Crippen LogP contribution in [0.5, 0.6) is 0 Å². The van der Waals surface area contributed by atoms with E-state index in [1.807, 2.05) is 29.2 Å². The number of aromatic nitrogens is 1. The molecule has 0 unspecified atom stereocenters. The van der Waals surface area contributed by atoms with Crippen LogP contribution in [0.25, 0.3) is 10.2 Å². The number of carbonyl (C=O) groups excluding carboxylic acids is 1. The van der Waals surface area contributed by atoms with Gasteiger partial charge in [-0.2, -0.15) is 0 Å².